The molecule has 0 bridgehead atoms. The van der Waals surface area contributed by atoms with Crippen LogP contribution < -0.4 is 5.32 Å². The van der Waals surface area contributed by atoms with Crippen molar-refractivity contribution in [1.82, 2.24) is 4.90 Å². The van der Waals surface area contributed by atoms with E-state index in [1.165, 1.54) is 12.1 Å². The Morgan fingerprint density at radius 1 is 1.55 bits per heavy atom. The van der Waals surface area contributed by atoms with E-state index in [0.717, 1.165) is 12.8 Å². The number of hydrogen-bond donors (Lipinski definition) is 2. The van der Waals surface area contributed by atoms with Crippen molar-refractivity contribution in [3.8, 4) is 0 Å². The topological polar surface area (TPSA) is 95.7 Å². The van der Waals surface area contributed by atoms with Crippen LogP contribution in [0.15, 0.2) is 22.7 Å². The molecule has 0 aromatic heterocycles. The third-order valence-electron chi connectivity index (χ3n) is 2.98. The zero-order chi connectivity index (χ0) is 14.7. The molecule has 1 fully saturated rings. The van der Waals surface area contributed by atoms with Gasteiger partial charge in [0.05, 0.1) is 16.0 Å². The molecule has 8 heteroatoms. The second kappa shape index (κ2) is 6.19. The summed E-state index contributed by atoms with van der Waals surface area (Å²) in [5.41, 5.74) is 0.247. The van der Waals surface area contributed by atoms with Gasteiger partial charge in [0.1, 0.15) is 0 Å². The summed E-state index contributed by atoms with van der Waals surface area (Å²) in [7, 11) is 0. The maximum Gasteiger partial charge on any atom is 0.322 e. The molecule has 1 aliphatic carbocycles. The van der Waals surface area contributed by atoms with Crippen molar-refractivity contribution >= 4 is 33.3 Å². The second-order valence-electron chi connectivity index (χ2n) is 4.50. The number of anilines is 1. The lowest BCUT2D eigenvalue weighted by atomic mass is 10.3. The SMILES string of the molecule is O=C(Nc1ccc(Br)c([N+](=O)[O-])c1)N(CCO)C1CC1. The minimum Gasteiger partial charge on any atom is -0.395 e. The largest absolute Gasteiger partial charge is 0.395 e. The van der Waals surface area contributed by atoms with E-state index < -0.39 is 4.92 Å². The number of aliphatic hydroxyl groups is 1. The highest BCUT2D eigenvalue weighted by Crippen LogP contribution is 2.29. The Labute approximate surface area is 123 Å². The van der Waals surface area contributed by atoms with Gasteiger partial charge in [-0.2, -0.15) is 0 Å². The third kappa shape index (κ3) is 3.45. The first-order valence-electron chi connectivity index (χ1n) is 6.15. The van der Waals surface area contributed by atoms with Gasteiger partial charge in [-0.1, -0.05) is 0 Å². The van der Waals surface area contributed by atoms with E-state index in [0.29, 0.717) is 10.2 Å². The van der Waals surface area contributed by atoms with Crippen LogP contribution in [-0.2, 0) is 0 Å². The molecule has 1 saturated carbocycles. The van der Waals surface area contributed by atoms with Crippen LogP contribution in [0.2, 0.25) is 0 Å². The van der Waals surface area contributed by atoms with Gasteiger partial charge in [0.2, 0.25) is 0 Å². The first-order chi connectivity index (χ1) is 9.52. The van der Waals surface area contributed by atoms with Gasteiger partial charge < -0.3 is 15.3 Å². The smallest absolute Gasteiger partial charge is 0.322 e. The van der Waals surface area contributed by atoms with Gasteiger partial charge in [-0.05, 0) is 40.9 Å². The van der Waals surface area contributed by atoms with Crippen LogP contribution in [-0.4, -0.2) is 40.2 Å². The van der Waals surface area contributed by atoms with E-state index in [2.05, 4.69) is 21.2 Å². The van der Waals surface area contributed by atoms with Crippen molar-refractivity contribution in [2.75, 3.05) is 18.5 Å². The van der Waals surface area contributed by atoms with Gasteiger partial charge >= 0.3 is 6.03 Å². The lowest BCUT2D eigenvalue weighted by Crippen LogP contribution is -2.38. The highest BCUT2D eigenvalue weighted by Gasteiger charge is 2.32. The van der Waals surface area contributed by atoms with Crippen molar-refractivity contribution in [1.29, 1.82) is 0 Å². The summed E-state index contributed by atoms with van der Waals surface area (Å²) >= 11 is 3.09. The predicted molar refractivity (Wildman–Crippen MR) is 76.6 cm³/mol. The van der Waals surface area contributed by atoms with Crippen LogP contribution >= 0.6 is 15.9 Å². The van der Waals surface area contributed by atoms with Crippen LogP contribution in [0.5, 0.6) is 0 Å². The average molecular weight is 344 g/mol. The fourth-order valence-electron chi connectivity index (χ4n) is 1.87. The first-order valence-corrected chi connectivity index (χ1v) is 6.94. The van der Waals surface area contributed by atoms with Gasteiger partial charge in [-0.15, -0.1) is 0 Å². The van der Waals surface area contributed by atoms with Crippen molar-refractivity contribution in [3.63, 3.8) is 0 Å². The summed E-state index contributed by atoms with van der Waals surface area (Å²) in [6.45, 7) is 0.152. The van der Waals surface area contributed by atoms with Gasteiger partial charge in [0, 0.05) is 24.3 Å². The normalized spacial score (nSPS) is 13.9. The lowest BCUT2D eigenvalue weighted by Gasteiger charge is -2.21. The standard InChI is InChI=1S/C12H14BrN3O4/c13-10-4-1-8(7-11(10)16(19)20)14-12(18)15(5-6-17)9-2-3-9/h1,4,7,9,17H,2-3,5-6H2,(H,14,18). The number of nitrogens with zero attached hydrogens (tertiary/aromatic N) is 2. The fraction of sp³-hybridized carbons (Fsp3) is 0.417. The number of halogens is 1. The minimum absolute atomic E-state index is 0.107. The van der Waals surface area contributed by atoms with Crippen LogP contribution in [0.3, 0.4) is 0 Å². The number of amides is 2. The monoisotopic (exact) mass is 343 g/mol. The zero-order valence-corrected chi connectivity index (χ0v) is 12.2. The molecular formula is C12H14BrN3O4. The minimum atomic E-state index is -0.522. The van der Waals surface area contributed by atoms with Gasteiger partial charge in [-0.3, -0.25) is 10.1 Å². The molecule has 2 rings (SSSR count). The molecule has 108 valence electrons. The van der Waals surface area contributed by atoms with Crippen LogP contribution in [0.25, 0.3) is 0 Å². The second-order valence-corrected chi connectivity index (χ2v) is 5.36. The molecule has 0 saturated heterocycles. The summed E-state index contributed by atoms with van der Waals surface area (Å²) in [5.74, 6) is 0. The number of nitro groups is 1. The molecular weight excluding hydrogens is 330 g/mol. The quantitative estimate of drug-likeness (QED) is 0.633. The average Bonchev–Trinajstić information content (AvgIpc) is 3.22. The summed E-state index contributed by atoms with van der Waals surface area (Å²) in [5, 5.41) is 22.4. The lowest BCUT2D eigenvalue weighted by molar-refractivity contribution is -0.385. The molecule has 0 spiro atoms. The maximum atomic E-state index is 12.1. The van der Waals surface area contributed by atoms with E-state index in [1.54, 1.807) is 11.0 Å². The van der Waals surface area contributed by atoms with Gasteiger partial charge in [0.15, 0.2) is 0 Å². The number of nitrogens with one attached hydrogen (secondary N) is 1. The Kier molecular flexibility index (Phi) is 4.56. The molecule has 20 heavy (non-hydrogen) atoms. The molecule has 1 aliphatic rings. The third-order valence-corrected chi connectivity index (χ3v) is 3.65. The molecule has 0 heterocycles. The van der Waals surface area contributed by atoms with Crippen molar-refractivity contribution in [2.45, 2.75) is 18.9 Å². The number of nitro benzene ring substituents is 1. The number of rotatable bonds is 5. The molecule has 0 atom stereocenters. The highest BCUT2D eigenvalue weighted by atomic mass is 79.9. The number of urea groups is 1. The molecule has 0 aliphatic heterocycles. The van der Waals surface area contributed by atoms with Crippen molar-refractivity contribution in [2.24, 2.45) is 0 Å². The summed E-state index contributed by atoms with van der Waals surface area (Å²) in [6.07, 6.45) is 1.85. The number of benzene rings is 1. The molecule has 0 unspecified atom stereocenters. The number of hydrogen-bond acceptors (Lipinski definition) is 4. The molecule has 7 nitrogen and oxygen atoms in total. The molecule has 2 amide bonds. The molecule has 1 aromatic rings. The van der Waals surface area contributed by atoms with E-state index in [9.17, 15) is 14.9 Å². The highest BCUT2D eigenvalue weighted by molar-refractivity contribution is 9.10. The Morgan fingerprint density at radius 3 is 2.80 bits per heavy atom. The first kappa shape index (κ1) is 14.7. The summed E-state index contributed by atoms with van der Waals surface area (Å²) < 4.78 is 0.356. The molecule has 1 aromatic carbocycles. The van der Waals surface area contributed by atoms with Crippen molar-refractivity contribution < 1.29 is 14.8 Å². The Balaban J connectivity index is 2.10. The Morgan fingerprint density at radius 2 is 2.25 bits per heavy atom. The van der Waals surface area contributed by atoms with Crippen molar-refractivity contribution in [3.05, 3.63) is 32.8 Å². The Hall–Kier alpha value is -1.67. The number of aliphatic hydroxyl groups excluding tert-OH is 1. The van der Waals surface area contributed by atoms with Gasteiger partial charge in [0.25, 0.3) is 5.69 Å². The van der Waals surface area contributed by atoms with Crippen LogP contribution in [0.4, 0.5) is 16.2 Å². The zero-order valence-electron chi connectivity index (χ0n) is 10.6. The number of carbonyl (C=O) groups is 1. The van der Waals surface area contributed by atoms with E-state index in [4.69, 9.17) is 5.11 Å². The number of carbonyl (C=O) groups excluding carboxylic acids is 1. The summed E-state index contributed by atoms with van der Waals surface area (Å²) in [6, 6.07) is 4.21. The summed E-state index contributed by atoms with van der Waals surface area (Å²) in [4.78, 5) is 23.9. The predicted octanol–water partition coefficient (Wildman–Crippen LogP) is 2.35. The molecule has 2 N–H and O–H groups in total. The Bertz CT molecular complexity index is 533. The fourth-order valence-corrected chi connectivity index (χ4v) is 2.26. The maximum absolute atomic E-state index is 12.1. The molecule has 0 radical (unpaired) electrons. The van der Waals surface area contributed by atoms with E-state index >= 15 is 0 Å². The van der Waals surface area contributed by atoms with Crippen LogP contribution in [0.1, 0.15) is 12.8 Å². The van der Waals surface area contributed by atoms with E-state index in [-0.39, 0.29) is 30.9 Å². The van der Waals surface area contributed by atoms with Gasteiger partial charge in [-0.25, -0.2) is 4.79 Å². The van der Waals surface area contributed by atoms with Crippen LogP contribution in [0, 0.1) is 10.1 Å². The van der Waals surface area contributed by atoms with E-state index in [1.807, 2.05) is 0 Å².